The maximum atomic E-state index is 11.2. The number of carboxylic acid groups (broad SMARTS) is 1. The van der Waals surface area contributed by atoms with Crippen LogP contribution < -0.4 is 0 Å². The van der Waals surface area contributed by atoms with E-state index in [2.05, 4.69) is 13.8 Å². The molecule has 1 saturated heterocycles. The molecule has 1 fully saturated rings. The van der Waals surface area contributed by atoms with Gasteiger partial charge in [-0.15, -0.1) is 11.8 Å². The van der Waals surface area contributed by atoms with E-state index in [-0.39, 0.29) is 0 Å². The SMILES string of the molecule is CCC(C)CC1(C(=O)O)CCCS1. The van der Waals surface area contributed by atoms with Crippen molar-refractivity contribution in [1.29, 1.82) is 0 Å². The van der Waals surface area contributed by atoms with E-state index in [1.807, 2.05) is 0 Å². The third kappa shape index (κ3) is 2.39. The second kappa shape index (κ2) is 4.36. The van der Waals surface area contributed by atoms with Crippen LogP contribution >= 0.6 is 11.8 Å². The Bertz CT molecular complexity index is 185. The third-order valence-electron chi connectivity index (χ3n) is 2.87. The van der Waals surface area contributed by atoms with Crippen molar-refractivity contribution in [2.24, 2.45) is 5.92 Å². The van der Waals surface area contributed by atoms with Crippen molar-refractivity contribution in [1.82, 2.24) is 0 Å². The van der Waals surface area contributed by atoms with Crippen LogP contribution in [0.15, 0.2) is 0 Å². The molecule has 0 aromatic rings. The van der Waals surface area contributed by atoms with Crippen molar-refractivity contribution < 1.29 is 9.90 Å². The Kier molecular flexibility index (Phi) is 3.65. The van der Waals surface area contributed by atoms with Gasteiger partial charge >= 0.3 is 5.97 Å². The first-order valence-corrected chi connectivity index (χ1v) is 5.96. The molecule has 0 radical (unpaired) electrons. The standard InChI is InChI=1S/C10H18O2S/c1-3-8(2)7-10(9(11)12)5-4-6-13-10/h8H,3-7H2,1-2H3,(H,11,12). The molecule has 2 atom stereocenters. The van der Waals surface area contributed by atoms with Crippen molar-refractivity contribution in [2.45, 2.75) is 44.3 Å². The highest BCUT2D eigenvalue weighted by Gasteiger charge is 2.42. The molecule has 3 heteroatoms. The number of hydrogen-bond donors (Lipinski definition) is 1. The molecule has 0 bridgehead atoms. The first kappa shape index (κ1) is 10.9. The smallest absolute Gasteiger partial charge is 0.319 e. The van der Waals surface area contributed by atoms with Gasteiger partial charge in [0.25, 0.3) is 0 Å². The Morgan fingerprint density at radius 1 is 1.69 bits per heavy atom. The molecule has 0 amide bonds. The van der Waals surface area contributed by atoms with Crippen molar-refractivity contribution in [3.63, 3.8) is 0 Å². The summed E-state index contributed by atoms with van der Waals surface area (Å²) in [7, 11) is 0. The Hall–Kier alpha value is -0.180. The topological polar surface area (TPSA) is 37.3 Å². The monoisotopic (exact) mass is 202 g/mol. The van der Waals surface area contributed by atoms with Crippen LogP contribution in [0.5, 0.6) is 0 Å². The van der Waals surface area contributed by atoms with E-state index < -0.39 is 10.7 Å². The van der Waals surface area contributed by atoms with E-state index in [0.29, 0.717) is 5.92 Å². The van der Waals surface area contributed by atoms with Gasteiger partial charge in [-0.2, -0.15) is 0 Å². The van der Waals surface area contributed by atoms with Crippen LogP contribution in [0.1, 0.15) is 39.5 Å². The van der Waals surface area contributed by atoms with E-state index in [4.69, 9.17) is 0 Å². The lowest BCUT2D eigenvalue weighted by atomic mass is 9.90. The number of rotatable bonds is 4. The zero-order valence-corrected chi connectivity index (χ0v) is 9.19. The van der Waals surface area contributed by atoms with Crippen molar-refractivity contribution in [3.05, 3.63) is 0 Å². The molecule has 1 N–H and O–H groups in total. The fourth-order valence-corrected chi connectivity index (χ4v) is 3.32. The van der Waals surface area contributed by atoms with E-state index >= 15 is 0 Å². The molecule has 0 saturated carbocycles. The summed E-state index contributed by atoms with van der Waals surface area (Å²) < 4.78 is -0.449. The van der Waals surface area contributed by atoms with Crippen LogP contribution in [-0.4, -0.2) is 21.6 Å². The summed E-state index contributed by atoms with van der Waals surface area (Å²) in [5.74, 6) is 0.944. The Morgan fingerprint density at radius 2 is 2.38 bits per heavy atom. The summed E-state index contributed by atoms with van der Waals surface area (Å²) in [6.07, 6.45) is 3.84. The molecular weight excluding hydrogens is 184 g/mol. The van der Waals surface area contributed by atoms with Crippen LogP contribution in [0.25, 0.3) is 0 Å². The molecule has 0 aromatic carbocycles. The zero-order chi connectivity index (χ0) is 9.90. The Labute approximate surface area is 84.1 Å². The minimum atomic E-state index is -0.602. The number of carbonyl (C=O) groups is 1. The molecule has 1 aliphatic rings. The van der Waals surface area contributed by atoms with Gasteiger partial charge in [0.15, 0.2) is 0 Å². The maximum Gasteiger partial charge on any atom is 0.319 e. The van der Waals surface area contributed by atoms with Crippen LogP contribution in [-0.2, 0) is 4.79 Å². The first-order chi connectivity index (χ1) is 6.10. The molecule has 1 rings (SSSR count). The summed E-state index contributed by atoms with van der Waals surface area (Å²) in [6, 6.07) is 0. The molecule has 1 aliphatic heterocycles. The van der Waals surface area contributed by atoms with Crippen molar-refractivity contribution >= 4 is 17.7 Å². The number of carboxylic acids is 1. The van der Waals surface area contributed by atoms with Crippen LogP contribution in [0.3, 0.4) is 0 Å². The second-order valence-electron chi connectivity index (χ2n) is 3.97. The second-order valence-corrected chi connectivity index (χ2v) is 5.45. The highest BCUT2D eigenvalue weighted by Crippen LogP contribution is 2.43. The highest BCUT2D eigenvalue weighted by molar-refractivity contribution is 8.01. The van der Waals surface area contributed by atoms with Gasteiger partial charge in [-0.1, -0.05) is 20.3 Å². The van der Waals surface area contributed by atoms with Gasteiger partial charge in [0, 0.05) is 0 Å². The molecule has 1 heterocycles. The van der Waals surface area contributed by atoms with E-state index in [1.165, 1.54) is 0 Å². The lowest BCUT2D eigenvalue weighted by molar-refractivity contribution is -0.140. The Morgan fingerprint density at radius 3 is 2.77 bits per heavy atom. The molecule has 0 aromatic heterocycles. The summed E-state index contributed by atoms with van der Waals surface area (Å²) in [5, 5.41) is 9.19. The van der Waals surface area contributed by atoms with Gasteiger partial charge in [0.2, 0.25) is 0 Å². The van der Waals surface area contributed by atoms with E-state index in [0.717, 1.165) is 31.4 Å². The number of aliphatic carboxylic acids is 1. The van der Waals surface area contributed by atoms with Gasteiger partial charge in [0.1, 0.15) is 4.75 Å². The summed E-state index contributed by atoms with van der Waals surface area (Å²) in [6.45, 7) is 4.27. The van der Waals surface area contributed by atoms with Crippen molar-refractivity contribution in [2.75, 3.05) is 5.75 Å². The zero-order valence-electron chi connectivity index (χ0n) is 8.38. The molecule has 13 heavy (non-hydrogen) atoms. The Balaban J connectivity index is 2.62. The molecule has 0 spiro atoms. The molecule has 2 unspecified atom stereocenters. The van der Waals surface area contributed by atoms with Gasteiger partial charge in [-0.05, 0) is 30.9 Å². The quantitative estimate of drug-likeness (QED) is 0.761. The molecular formula is C10H18O2S. The van der Waals surface area contributed by atoms with Gasteiger partial charge in [-0.25, -0.2) is 0 Å². The summed E-state index contributed by atoms with van der Waals surface area (Å²) in [4.78, 5) is 11.2. The van der Waals surface area contributed by atoms with Crippen LogP contribution in [0, 0.1) is 5.92 Å². The third-order valence-corrected chi connectivity index (χ3v) is 4.46. The lowest BCUT2D eigenvalue weighted by Crippen LogP contribution is -2.34. The maximum absolute atomic E-state index is 11.2. The predicted octanol–water partition coefficient (Wildman–Crippen LogP) is 2.77. The normalized spacial score (nSPS) is 30.3. The van der Waals surface area contributed by atoms with E-state index in [1.54, 1.807) is 11.8 Å². The van der Waals surface area contributed by atoms with Gasteiger partial charge in [0.05, 0.1) is 0 Å². The number of thioether (sulfide) groups is 1. The van der Waals surface area contributed by atoms with Crippen molar-refractivity contribution in [3.8, 4) is 0 Å². The largest absolute Gasteiger partial charge is 0.480 e. The summed E-state index contributed by atoms with van der Waals surface area (Å²) in [5.41, 5.74) is 0. The lowest BCUT2D eigenvalue weighted by Gasteiger charge is -2.25. The molecule has 0 aliphatic carbocycles. The first-order valence-electron chi connectivity index (χ1n) is 4.98. The van der Waals surface area contributed by atoms with Crippen LogP contribution in [0.2, 0.25) is 0 Å². The fraction of sp³-hybridized carbons (Fsp3) is 0.900. The number of hydrogen-bond acceptors (Lipinski definition) is 2. The minimum absolute atomic E-state index is 0.449. The highest BCUT2D eigenvalue weighted by atomic mass is 32.2. The van der Waals surface area contributed by atoms with Crippen LogP contribution in [0.4, 0.5) is 0 Å². The summed E-state index contributed by atoms with van der Waals surface area (Å²) >= 11 is 1.64. The predicted molar refractivity (Wildman–Crippen MR) is 56.1 cm³/mol. The average molecular weight is 202 g/mol. The minimum Gasteiger partial charge on any atom is -0.480 e. The average Bonchev–Trinajstić information content (AvgIpc) is 2.54. The van der Waals surface area contributed by atoms with Gasteiger partial charge < -0.3 is 5.11 Å². The molecule has 2 nitrogen and oxygen atoms in total. The van der Waals surface area contributed by atoms with Gasteiger partial charge in [-0.3, -0.25) is 4.79 Å². The van der Waals surface area contributed by atoms with E-state index in [9.17, 15) is 9.90 Å². The fourth-order valence-electron chi connectivity index (χ4n) is 1.82. The molecule has 76 valence electrons.